The average Bonchev–Trinajstić information content (AvgIpc) is 2.53. The quantitative estimate of drug-likeness (QED) is 0.393. The van der Waals surface area contributed by atoms with Gasteiger partial charge in [-0.05, 0) is 19.8 Å². The summed E-state index contributed by atoms with van der Waals surface area (Å²) in [6.45, 7) is 4.14. The minimum atomic E-state index is -3.48. The Labute approximate surface area is 121 Å². The van der Waals surface area contributed by atoms with E-state index in [4.69, 9.17) is 20.2 Å². The van der Waals surface area contributed by atoms with Crippen molar-refractivity contribution in [1.82, 2.24) is 0 Å². The zero-order chi connectivity index (χ0) is 14.2. The van der Waals surface area contributed by atoms with E-state index in [1.54, 1.807) is 0 Å². The highest BCUT2D eigenvalue weighted by molar-refractivity contribution is 8.13. The van der Waals surface area contributed by atoms with Crippen LogP contribution in [0.3, 0.4) is 0 Å². The van der Waals surface area contributed by atoms with Gasteiger partial charge in [0.05, 0.1) is 25.6 Å². The Hall–Kier alpha value is 0.160. The molecule has 0 radical (unpaired) electrons. The van der Waals surface area contributed by atoms with Crippen LogP contribution in [0.15, 0.2) is 0 Å². The second kappa shape index (κ2) is 8.45. The SMILES string of the molecule is CCOCCOCC1(CS(=O)(=O)Cl)CCCCCC1. The topological polar surface area (TPSA) is 52.6 Å². The van der Waals surface area contributed by atoms with Gasteiger partial charge >= 0.3 is 0 Å². The summed E-state index contributed by atoms with van der Waals surface area (Å²) in [5.74, 6) is 0.0240. The summed E-state index contributed by atoms with van der Waals surface area (Å²) in [5.41, 5.74) is -0.302. The van der Waals surface area contributed by atoms with Gasteiger partial charge in [0.25, 0.3) is 0 Å². The highest BCUT2D eigenvalue weighted by Crippen LogP contribution is 2.37. The molecule has 114 valence electrons. The monoisotopic (exact) mass is 312 g/mol. The lowest BCUT2D eigenvalue weighted by Crippen LogP contribution is -2.33. The maximum atomic E-state index is 11.4. The Morgan fingerprint density at radius 1 is 1.05 bits per heavy atom. The van der Waals surface area contributed by atoms with Crippen molar-refractivity contribution in [2.24, 2.45) is 5.41 Å². The Morgan fingerprint density at radius 3 is 2.16 bits per heavy atom. The standard InChI is InChI=1S/C13H25ClO4S/c1-2-17-9-10-18-11-13(12-19(14,15)16)7-5-3-4-6-8-13/h2-12H2,1H3. The molecule has 1 fully saturated rings. The zero-order valence-electron chi connectivity index (χ0n) is 11.7. The van der Waals surface area contributed by atoms with Crippen LogP contribution >= 0.6 is 10.7 Å². The van der Waals surface area contributed by atoms with Gasteiger partial charge in [-0.1, -0.05) is 25.7 Å². The predicted octanol–water partition coefficient (Wildman–Crippen LogP) is 2.95. The van der Waals surface area contributed by atoms with Crippen LogP contribution in [-0.4, -0.2) is 40.6 Å². The molecule has 0 saturated heterocycles. The van der Waals surface area contributed by atoms with E-state index in [1.165, 1.54) is 12.8 Å². The molecule has 1 saturated carbocycles. The molecule has 0 heterocycles. The van der Waals surface area contributed by atoms with Crippen molar-refractivity contribution in [3.8, 4) is 0 Å². The van der Waals surface area contributed by atoms with Gasteiger partial charge in [-0.3, -0.25) is 0 Å². The van der Waals surface area contributed by atoms with E-state index in [1.807, 2.05) is 6.92 Å². The van der Waals surface area contributed by atoms with Crippen LogP contribution in [0.1, 0.15) is 45.4 Å². The molecule has 0 amide bonds. The van der Waals surface area contributed by atoms with Crippen molar-refractivity contribution < 1.29 is 17.9 Å². The molecular weight excluding hydrogens is 288 g/mol. The van der Waals surface area contributed by atoms with Crippen molar-refractivity contribution in [2.45, 2.75) is 45.4 Å². The third-order valence-electron chi connectivity index (χ3n) is 3.63. The zero-order valence-corrected chi connectivity index (χ0v) is 13.3. The molecule has 0 aromatic heterocycles. The van der Waals surface area contributed by atoms with Crippen LogP contribution in [0.5, 0.6) is 0 Å². The molecule has 0 spiro atoms. The maximum absolute atomic E-state index is 11.4. The third kappa shape index (κ3) is 7.49. The van der Waals surface area contributed by atoms with Crippen LogP contribution in [-0.2, 0) is 18.5 Å². The average molecular weight is 313 g/mol. The lowest BCUT2D eigenvalue weighted by Gasteiger charge is -2.31. The van der Waals surface area contributed by atoms with Crippen molar-refractivity contribution >= 4 is 19.7 Å². The Morgan fingerprint density at radius 2 is 1.63 bits per heavy atom. The van der Waals surface area contributed by atoms with E-state index >= 15 is 0 Å². The molecule has 0 aliphatic heterocycles. The van der Waals surface area contributed by atoms with Crippen molar-refractivity contribution in [1.29, 1.82) is 0 Å². The Balaban J connectivity index is 2.53. The first-order chi connectivity index (χ1) is 8.97. The number of rotatable bonds is 8. The summed E-state index contributed by atoms with van der Waals surface area (Å²) in [6.07, 6.45) is 6.22. The minimum absolute atomic E-state index is 0.0240. The van der Waals surface area contributed by atoms with Crippen molar-refractivity contribution in [2.75, 3.05) is 32.2 Å². The molecule has 1 aliphatic rings. The fourth-order valence-corrected chi connectivity index (χ4v) is 4.52. The van der Waals surface area contributed by atoms with E-state index in [9.17, 15) is 8.42 Å². The van der Waals surface area contributed by atoms with Crippen LogP contribution in [0, 0.1) is 5.41 Å². The van der Waals surface area contributed by atoms with Gasteiger partial charge in [0.15, 0.2) is 0 Å². The van der Waals surface area contributed by atoms with E-state index in [0.717, 1.165) is 25.7 Å². The normalized spacial score (nSPS) is 20.1. The van der Waals surface area contributed by atoms with E-state index in [2.05, 4.69) is 0 Å². The summed E-state index contributed by atoms with van der Waals surface area (Å²) >= 11 is 0. The molecule has 0 bridgehead atoms. The summed E-state index contributed by atoms with van der Waals surface area (Å²) in [7, 11) is 1.98. The molecule has 0 unspecified atom stereocenters. The molecule has 19 heavy (non-hydrogen) atoms. The fraction of sp³-hybridized carbons (Fsp3) is 1.00. The second-order valence-corrected chi connectivity index (χ2v) is 8.12. The lowest BCUT2D eigenvalue weighted by atomic mass is 9.83. The molecule has 1 rings (SSSR count). The van der Waals surface area contributed by atoms with Crippen molar-refractivity contribution in [3.63, 3.8) is 0 Å². The number of ether oxygens (including phenoxy) is 2. The fourth-order valence-electron chi connectivity index (χ4n) is 2.73. The van der Waals surface area contributed by atoms with Crippen LogP contribution in [0.4, 0.5) is 0 Å². The van der Waals surface area contributed by atoms with E-state index in [0.29, 0.717) is 26.4 Å². The molecular formula is C13H25ClO4S. The van der Waals surface area contributed by atoms with Gasteiger partial charge in [-0.25, -0.2) is 8.42 Å². The summed E-state index contributed by atoms with van der Waals surface area (Å²) in [5, 5.41) is 0. The molecule has 4 nitrogen and oxygen atoms in total. The number of halogens is 1. The summed E-state index contributed by atoms with van der Waals surface area (Å²) in [6, 6.07) is 0. The van der Waals surface area contributed by atoms with Crippen LogP contribution in [0.25, 0.3) is 0 Å². The Bertz CT molecular complexity index is 335. The number of hydrogen-bond donors (Lipinski definition) is 0. The Kier molecular flexibility index (Phi) is 7.65. The van der Waals surface area contributed by atoms with E-state index in [-0.39, 0.29) is 11.2 Å². The third-order valence-corrected chi connectivity index (χ3v) is 4.91. The van der Waals surface area contributed by atoms with Crippen molar-refractivity contribution in [3.05, 3.63) is 0 Å². The van der Waals surface area contributed by atoms with E-state index < -0.39 is 9.05 Å². The second-order valence-electron chi connectivity index (χ2n) is 5.35. The van der Waals surface area contributed by atoms with Gasteiger partial charge in [0.2, 0.25) is 9.05 Å². The number of hydrogen-bond acceptors (Lipinski definition) is 4. The molecule has 0 aromatic rings. The first-order valence-electron chi connectivity index (χ1n) is 7.05. The van der Waals surface area contributed by atoms with Gasteiger partial charge in [0, 0.05) is 22.7 Å². The van der Waals surface area contributed by atoms with Crippen LogP contribution < -0.4 is 0 Å². The summed E-state index contributed by atoms with van der Waals surface area (Å²) in [4.78, 5) is 0. The smallest absolute Gasteiger partial charge is 0.233 e. The maximum Gasteiger partial charge on any atom is 0.233 e. The molecule has 0 N–H and O–H groups in total. The first-order valence-corrected chi connectivity index (χ1v) is 9.53. The highest BCUT2D eigenvalue weighted by Gasteiger charge is 2.35. The predicted molar refractivity (Wildman–Crippen MR) is 77.1 cm³/mol. The first kappa shape index (κ1) is 17.2. The van der Waals surface area contributed by atoms with Gasteiger partial charge in [-0.2, -0.15) is 0 Å². The largest absolute Gasteiger partial charge is 0.379 e. The molecule has 0 aromatic carbocycles. The summed E-state index contributed by atoms with van der Waals surface area (Å²) < 4.78 is 33.7. The van der Waals surface area contributed by atoms with Gasteiger partial charge in [-0.15, -0.1) is 0 Å². The van der Waals surface area contributed by atoms with Gasteiger partial charge < -0.3 is 9.47 Å². The molecule has 6 heteroatoms. The van der Waals surface area contributed by atoms with Gasteiger partial charge in [0.1, 0.15) is 0 Å². The minimum Gasteiger partial charge on any atom is -0.379 e. The molecule has 1 aliphatic carbocycles. The highest BCUT2D eigenvalue weighted by atomic mass is 35.7. The molecule has 0 atom stereocenters. The van der Waals surface area contributed by atoms with Crippen LogP contribution in [0.2, 0.25) is 0 Å². The lowest BCUT2D eigenvalue weighted by molar-refractivity contribution is 0.00868.